The number of aliphatic hydroxyl groups is 4. The Morgan fingerprint density at radius 3 is 2.39 bits per heavy atom. The van der Waals surface area contributed by atoms with E-state index in [1.54, 1.807) is 12.1 Å². The number of hydrogen-bond donors (Lipinski definition) is 4. The summed E-state index contributed by atoms with van der Waals surface area (Å²) in [5.74, 6) is -1.64. The van der Waals surface area contributed by atoms with Gasteiger partial charge in [0.15, 0.2) is 12.4 Å². The van der Waals surface area contributed by atoms with E-state index in [-0.39, 0.29) is 19.3 Å². The van der Waals surface area contributed by atoms with Gasteiger partial charge in [0.05, 0.1) is 23.8 Å². The molecular formula is C18H28Cl2O8. The Hall–Kier alpha value is -1.13. The summed E-state index contributed by atoms with van der Waals surface area (Å²) in [7, 11) is 1.00. The Labute approximate surface area is 174 Å². The molecule has 0 aliphatic carbocycles. The van der Waals surface area contributed by atoms with Crippen molar-refractivity contribution >= 4 is 29.2 Å². The summed E-state index contributed by atoms with van der Waals surface area (Å²) in [6.07, 6.45) is 0.350. The van der Waals surface area contributed by atoms with E-state index in [1.165, 1.54) is 19.9 Å². The van der Waals surface area contributed by atoms with Crippen LogP contribution in [0, 0.1) is 0 Å². The fourth-order valence-corrected chi connectivity index (χ4v) is 2.44. The van der Waals surface area contributed by atoms with Gasteiger partial charge >= 0.3 is 5.97 Å². The lowest BCUT2D eigenvalue weighted by atomic mass is 10.1. The van der Waals surface area contributed by atoms with Crippen LogP contribution in [0.2, 0.25) is 10.0 Å². The highest BCUT2D eigenvalue weighted by molar-refractivity contribution is 6.35. The molecule has 1 aromatic rings. The Kier molecular flexibility index (Phi) is 13.4. The molecule has 0 saturated carbocycles. The third kappa shape index (κ3) is 13.1. The first-order chi connectivity index (χ1) is 13.1. The zero-order valence-corrected chi connectivity index (χ0v) is 17.6. The van der Waals surface area contributed by atoms with Crippen LogP contribution in [0.4, 0.5) is 0 Å². The summed E-state index contributed by atoms with van der Waals surface area (Å²) in [6.45, 7) is 3.08. The predicted molar refractivity (Wildman–Crippen MR) is 105 cm³/mol. The smallest absolute Gasteiger partial charge is 0.344 e. The predicted octanol–water partition coefficient (Wildman–Crippen LogP) is 1.77. The molecule has 0 bridgehead atoms. The van der Waals surface area contributed by atoms with Gasteiger partial charge in [-0.1, -0.05) is 23.2 Å². The van der Waals surface area contributed by atoms with E-state index in [1.807, 2.05) is 0 Å². The molecule has 2 rings (SSSR count). The van der Waals surface area contributed by atoms with Gasteiger partial charge < -0.3 is 34.6 Å². The van der Waals surface area contributed by atoms with E-state index in [9.17, 15) is 9.90 Å². The van der Waals surface area contributed by atoms with Crippen molar-refractivity contribution in [2.24, 2.45) is 0 Å². The van der Waals surface area contributed by atoms with Crippen molar-refractivity contribution in [3.63, 3.8) is 0 Å². The third-order valence-electron chi connectivity index (χ3n) is 3.08. The van der Waals surface area contributed by atoms with E-state index in [4.69, 9.17) is 52.7 Å². The normalized spacial score (nSPS) is 18.3. The van der Waals surface area contributed by atoms with E-state index in [0.717, 1.165) is 7.11 Å². The minimum absolute atomic E-state index is 0.179. The lowest BCUT2D eigenvalue weighted by Crippen LogP contribution is -2.24. The molecule has 0 amide bonds. The van der Waals surface area contributed by atoms with Crippen LogP contribution in [0.5, 0.6) is 5.75 Å². The average Bonchev–Trinajstić information content (AvgIpc) is 2.99. The lowest BCUT2D eigenvalue weighted by Gasteiger charge is -2.13. The van der Waals surface area contributed by atoms with Crippen LogP contribution in [-0.2, 0) is 14.3 Å². The molecule has 28 heavy (non-hydrogen) atoms. The SMILES string of the molecule is CC(C)(O)O.CO.O=C(COc1ccc(Cl)cc1Cl)OCCC1OCCC1O. The van der Waals surface area contributed by atoms with Gasteiger partial charge in [0.25, 0.3) is 0 Å². The van der Waals surface area contributed by atoms with Gasteiger partial charge in [-0.05, 0) is 38.5 Å². The maximum absolute atomic E-state index is 11.5. The lowest BCUT2D eigenvalue weighted by molar-refractivity contribution is -0.147. The molecule has 1 aliphatic heterocycles. The Balaban J connectivity index is 0.000000906. The van der Waals surface area contributed by atoms with Crippen molar-refractivity contribution < 1.29 is 39.4 Å². The van der Waals surface area contributed by atoms with Crippen molar-refractivity contribution in [3.05, 3.63) is 28.2 Å². The number of carbonyl (C=O) groups excluding carboxylic acids is 1. The van der Waals surface area contributed by atoms with E-state index < -0.39 is 17.9 Å². The van der Waals surface area contributed by atoms with Gasteiger partial charge in [0.1, 0.15) is 5.75 Å². The molecule has 0 spiro atoms. The Morgan fingerprint density at radius 1 is 1.29 bits per heavy atom. The molecule has 1 heterocycles. The van der Waals surface area contributed by atoms with Crippen molar-refractivity contribution in [3.8, 4) is 5.75 Å². The fourth-order valence-electron chi connectivity index (χ4n) is 1.97. The van der Waals surface area contributed by atoms with Crippen molar-refractivity contribution in [2.75, 3.05) is 26.9 Å². The number of aliphatic hydroxyl groups excluding tert-OH is 2. The molecule has 10 heteroatoms. The average molecular weight is 443 g/mol. The van der Waals surface area contributed by atoms with Crippen LogP contribution in [0.3, 0.4) is 0 Å². The summed E-state index contributed by atoms with van der Waals surface area (Å²) in [6, 6.07) is 4.73. The number of esters is 1. The summed E-state index contributed by atoms with van der Waals surface area (Å²) >= 11 is 11.7. The van der Waals surface area contributed by atoms with Gasteiger partial charge in [-0.25, -0.2) is 4.79 Å². The van der Waals surface area contributed by atoms with Gasteiger partial charge in [-0.3, -0.25) is 0 Å². The van der Waals surface area contributed by atoms with Crippen LogP contribution in [0.1, 0.15) is 26.7 Å². The standard InChI is InChI=1S/C14H16Cl2O5.C3H8O2.CH4O/c15-9-1-2-12(10(16)7-9)21-8-14(18)20-6-4-13-11(17)3-5-19-13;1-3(2,4)5;1-2/h1-2,7,11,13,17H,3-6,8H2;4-5H,1-2H3;2H,1H3. The zero-order valence-electron chi connectivity index (χ0n) is 16.1. The quantitative estimate of drug-likeness (QED) is 0.387. The first-order valence-corrected chi connectivity index (χ1v) is 9.24. The molecule has 1 aliphatic rings. The second-order valence-electron chi connectivity index (χ2n) is 6.13. The van der Waals surface area contributed by atoms with Gasteiger partial charge in [0, 0.05) is 25.2 Å². The minimum Gasteiger partial charge on any atom is -0.480 e. The summed E-state index contributed by atoms with van der Waals surface area (Å²) in [5, 5.41) is 33.5. The van der Waals surface area contributed by atoms with Gasteiger partial charge in [-0.2, -0.15) is 0 Å². The molecule has 162 valence electrons. The van der Waals surface area contributed by atoms with E-state index >= 15 is 0 Å². The molecule has 2 atom stereocenters. The summed E-state index contributed by atoms with van der Waals surface area (Å²) in [5.41, 5.74) is 0. The highest BCUT2D eigenvalue weighted by Gasteiger charge is 2.26. The maximum atomic E-state index is 11.5. The molecule has 1 fully saturated rings. The third-order valence-corrected chi connectivity index (χ3v) is 3.61. The summed E-state index contributed by atoms with van der Waals surface area (Å²) < 4.78 is 15.6. The van der Waals surface area contributed by atoms with Crippen molar-refractivity contribution in [2.45, 2.75) is 44.7 Å². The Morgan fingerprint density at radius 2 is 1.89 bits per heavy atom. The largest absolute Gasteiger partial charge is 0.480 e. The topological polar surface area (TPSA) is 126 Å². The number of halogens is 2. The molecular weight excluding hydrogens is 415 g/mol. The number of hydrogen-bond acceptors (Lipinski definition) is 8. The minimum atomic E-state index is -1.50. The van der Waals surface area contributed by atoms with Crippen LogP contribution in [0.25, 0.3) is 0 Å². The van der Waals surface area contributed by atoms with Crippen LogP contribution < -0.4 is 4.74 Å². The van der Waals surface area contributed by atoms with Crippen molar-refractivity contribution in [1.29, 1.82) is 0 Å². The van der Waals surface area contributed by atoms with Crippen LogP contribution >= 0.6 is 23.2 Å². The second kappa shape index (κ2) is 13.9. The van der Waals surface area contributed by atoms with Gasteiger partial charge in [-0.15, -0.1) is 0 Å². The molecule has 1 aromatic carbocycles. The molecule has 2 unspecified atom stereocenters. The van der Waals surface area contributed by atoms with Gasteiger partial charge in [0.2, 0.25) is 0 Å². The van der Waals surface area contributed by atoms with E-state index in [0.29, 0.717) is 35.2 Å². The summed E-state index contributed by atoms with van der Waals surface area (Å²) in [4.78, 5) is 11.5. The highest BCUT2D eigenvalue weighted by atomic mass is 35.5. The second-order valence-corrected chi connectivity index (χ2v) is 6.98. The molecule has 0 radical (unpaired) electrons. The first kappa shape index (κ1) is 26.9. The molecule has 8 nitrogen and oxygen atoms in total. The molecule has 4 N–H and O–H groups in total. The first-order valence-electron chi connectivity index (χ1n) is 8.49. The van der Waals surface area contributed by atoms with Crippen LogP contribution in [0.15, 0.2) is 18.2 Å². The number of rotatable bonds is 6. The van der Waals surface area contributed by atoms with E-state index in [2.05, 4.69) is 0 Å². The Bertz CT molecular complexity index is 571. The number of benzene rings is 1. The monoisotopic (exact) mass is 442 g/mol. The number of carbonyl (C=O) groups is 1. The highest BCUT2D eigenvalue weighted by Crippen LogP contribution is 2.27. The maximum Gasteiger partial charge on any atom is 0.344 e. The molecule has 0 aromatic heterocycles. The molecule has 1 saturated heterocycles. The fraction of sp³-hybridized carbons (Fsp3) is 0.611. The number of ether oxygens (including phenoxy) is 3. The van der Waals surface area contributed by atoms with Crippen LogP contribution in [-0.4, -0.2) is 71.3 Å². The zero-order chi connectivity index (χ0) is 21.7. The van der Waals surface area contributed by atoms with Crippen molar-refractivity contribution in [1.82, 2.24) is 0 Å².